The van der Waals surface area contributed by atoms with Gasteiger partial charge in [-0.15, -0.1) is 0 Å². The Morgan fingerprint density at radius 2 is 0.340 bits per heavy atom. The standard InChI is InChI=1S/C90H70NSi3/c1-9-25-80(26-10-1)92(81-27-11-2-12-28-81)82-65-53-74(54-66-82)44-41-71-47-59-77(60-48-71)91(78-61-49-72(50-62-78)42-45-75-55-67-89(68-56-75)93(83-29-13-3-14-30-83,84-31-15-4-16-32-84)85-33-17-5-18-34-85)79-63-51-73(52-64-79)43-46-76-57-69-90(70-58-76)94(86-35-19-6-20-36-86,87-37-21-7-22-38-87)88-39-23-8-24-40-88/h1-70H/b44-41+,45-42+,46-43+. The molecular formula is C90H70NSi3. The van der Waals surface area contributed by atoms with Crippen LogP contribution in [0, 0.1) is 0 Å². The smallest absolute Gasteiger partial charge is 0.179 e. The molecule has 0 N–H and O–H groups in total. The molecule has 0 unspecified atom stereocenters. The number of benzene rings is 14. The molecule has 14 aromatic carbocycles. The summed E-state index contributed by atoms with van der Waals surface area (Å²) in [5.41, 5.74) is 10.1. The van der Waals surface area contributed by atoms with Crippen molar-refractivity contribution in [2.24, 2.45) is 0 Å². The molecule has 0 bridgehead atoms. The first-order chi connectivity index (χ1) is 46.6. The van der Waals surface area contributed by atoms with Crippen molar-refractivity contribution in [2.75, 3.05) is 4.90 Å². The van der Waals surface area contributed by atoms with E-state index in [9.17, 15) is 0 Å². The van der Waals surface area contributed by atoms with Gasteiger partial charge in [0.2, 0.25) is 0 Å². The van der Waals surface area contributed by atoms with Gasteiger partial charge in [-0.05, 0) is 111 Å². The first-order valence-electron chi connectivity index (χ1n) is 32.4. The maximum absolute atomic E-state index is 2.62. The summed E-state index contributed by atoms with van der Waals surface area (Å²) < 4.78 is 0. The van der Waals surface area contributed by atoms with E-state index >= 15 is 0 Å². The Morgan fingerprint density at radius 1 is 0.170 bits per heavy atom. The quantitative estimate of drug-likeness (QED) is 0.0418. The average Bonchev–Trinajstić information content (AvgIpc) is 0.777. The van der Waals surface area contributed by atoms with E-state index < -0.39 is 24.9 Å². The van der Waals surface area contributed by atoms with E-state index in [2.05, 4.69) is 430 Å². The molecule has 1 nitrogen and oxygen atoms in total. The first-order valence-corrected chi connectivity index (χ1v) is 37.9. The molecule has 1 radical (unpaired) electrons. The van der Waals surface area contributed by atoms with E-state index in [1.807, 2.05) is 0 Å². The molecule has 0 aromatic heterocycles. The fourth-order valence-electron chi connectivity index (χ4n) is 13.5. The number of hydrogen-bond donors (Lipinski definition) is 0. The molecule has 14 rings (SSSR count). The summed E-state index contributed by atoms with van der Waals surface area (Å²) in [6.45, 7) is 0. The molecule has 94 heavy (non-hydrogen) atoms. The minimum Gasteiger partial charge on any atom is -0.311 e. The highest BCUT2D eigenvalue weighted by molar-refractivity contribution is 7.20. The van der Waals surface area contributed by atoms with Crippen molar-refractivity contribution in [3.8, 4) is 0 Å². The monoisotopic (exact) mass is 1250 g/mol. The highest BCUT2D eigenvalue weighted by Gasteiger charge is 2.42. The summed E-state index contributed by atoms with van der Waals surface area (Å²) in [4.78, 5) is 2.36. The molecule has 4 heteroatoms. The van der Waals surface area contributed by atoms with Gasteiger partial charge in [0.1, 0.15) is 0 Å². The van der Waals surface area contributed by atoms with Crippen LogP contribution in [0.1, 0.15) is 33.4 Å². The average molecular weight is 1250 g/mol. The molecule has 0 spiro atoms. The van der Waals surface area contributed by atoms with Crippen LogP contribution >= 0.6 is 0 Å². The summed E-state index contributed by atoms with van der Waals surface area (Å²) in [5, 5.41) is 15.1. The molecule has 0 atom stereocenters. The van der Waals surface area contributed by atoms with Crippen molar-refractivity contribution in [3.05, 3.63) is 422 Å². The van der Waals surface area contributed by atoms with Gasteiger partial charge in [-0.25, -0.2) is 0 Å². The molecule has 14 aromatic rings. The summed E-state index contributed by atoms with van der Waals surface area (Å²) >= 11 is 0. The van der Waals surface area contributed by atoms with E-state index in [0.29, 0.717) is 0 Å². The number of nitrogens with zero attached hydrogens (tertiary/aromatic N) is 1. The Labute approximate surface area is 558 Å². The van der Waals surface area contributed by atoms with Crippen LogP contribution in [0.3, 0.4) is 0 Å². The van der Waals surface area contributed by atoms with Gasteiger partial charge >= 0.3 is 0 Å². The predicted molar refractivity (Wildman–Crippen MR) is 412 cm³/mol. The van der Waals surface area contributed by atoms with Gasteiger partial charge < -0.3 is 4.90 Å². The normalized spacial score (nSPS) is 11.8. The molecule has 0 saturated carbocycles. The largest absolute Gasteiger partial charge is 0.311 e. The van der Waals surface area contributed by atoms with E-state index in [0.717, 1.165) is 44.9 Å². The maximum atomic E-state index is 2.36. The molecule has 0 aliphatic carbocycles. The molecule has 447 valence electrons. The second kappa shape index (κ2) is 28.5. The Kier molecular flexibility index (Phi) is 18.3. The number of rotatable bonds is 20. The molecule has 0 heterocycles. The Morgan fingerprint density at radius 3 is 0.564 bits per heavy atom. The lowest BCUT2D eigenvalue weighted by molar-refractivity contribution is 1.28. The van der Waals surface area contributed by atoms with Crippen molar-refractivity contribution in [2.45, 2.75) is 0 Å². The van der Waals surface area contributed by atoms with Crippen molar-refractivity contribution >= 4 is 136 Å². The van der Waals surface area contributed by atoms with Crippen molar-refractivity contribution in [3.63, 3.8) is 0 Å². The number of anilines is 3. The van der Waals surface area contributed by atoms with Crippen LogP contribution in [-0.4, -0.2) is 24.9 Å². The fourth-order valence-corrected chi connectivity index (χ4v) is 25.6. The Balaban J connectivity index is 0.742. The first kappa shape index (κ1) is 60.3. The van der Waals surface area contributed by atoms with E-state index in [1.165, 1.54) is 62.6 Å². The van der Waals surface area contributed by atoms with Crippen molar-refractivity contribution in [1.29, 1.82) is 0 Å². The zero-order valence-electron chi connectivity index (χ0n) is 52.4. The van der Waals surface area contributed by atoms with Crippen molar-refractivity contribution < 1.29 is 0 Å². The Hall–Kier alpha value is -11.2. The summed E-state index contributed by atoms with van der Waals surface area (Å²) in [5.74, 6) is 0. The zero-order chi connectivity index (χ0) is 63.2. The van der Waals surface area contributed by atoms with Crippen LogP contribution in [0.25, 0.3) is 36.5 Å². The third-order valence-corrected chi connectivity index (χ3v) is 30.4. The van der Waals surface area contributed by atoms with E-state index in [1.54, 1.807) is 0 Å². The lowest BCUT2D eigenvalue weighted by atomic mass is 10.1. The van der Waals surface area contributed by atoms with E-state index in [-0.39, 0.29) is 0 Å². The molecule has 0 aliphatic rings. The van der Waals surface area contributed by atoms with Gasteiger partial charge in [0.15, 0.2) is 24.9 Å². The molecule has 0 fully saturated rings. The lowest BCUT2D eigenvalue weighted by Crippen LogP contribution is -2.74. The fraction of sp³-hybridized carbons (Fsp3) is 0. The summed E-state index contributed by atoms with van der Waals surface area (Å²) in [6, 6.07) is 143. The third kappa shape index (κ3) is 12.9. The predicted octanol–water partition coefficient (Wildman–Crippen LogP) is 14.9. The highest BCUT2D eigenvalue weighted by Crippen LogP contribution is 2.35. The van der Waals surface area contributed by atoms with Crippen LogP contribution in [0.5, 0.6) is 0 Å². The van der Waals surface area contributed by atoms with Crippen LogP contribution in [0.4, 0.5) is 17.1 Å². The van der Waals surface area contributed by atoms with E-state index in [4.69, 9.17) is 0 Å². The topological polar surface area (TPSA) is 3.24 Å². The minimum atomic E-state index is -2.62. The van der Waals surface area contributed by atoms with Gasteiger partial charge in [0, 0.05) is 17.1 Å². The van der Waals surface area contributed by atoms with Crippen LogP contribution < -0.4 is 62.0 Å². The van der Waals surface area contributed by atoms with Gasteiger partial charge in [0.05, 0.1) is 0 Å². The van der Waals surface area contributed by atoms with Gasteiger partial charge in [0.25, 0.3) is 0 Å². The summed E-state index contributed by atoms with van der Waals surface area (Å²) in [6.07, 6.45) is 13.4. The zero-order valence-corrected chi connectivity index (χ0v) is 55.4. The second-order valence-electron chi connectivity index (χ2n) is 23.8. The highest BCUT2D eigenvalue weighted by atomic mass is 28.3. The van der Waals surface area contributed by atoms with Crippen LogP contribution in [-0.2, 0) is 0 Å². The van der Waals surface area contributed by atoms with Crippen LogP contribution in [0.15, 0.2) is 388 Å². The minimum absolute atomic E-state index is 1.07. The summed E-state index contributed by atoms with van der Waals surface area (Å²) in [7, 11) is -6.38. The van der Waals surface area contributed by atoms with Gasteiger partial charge in [-0.1, -0.05) is 404 Å². The Bertz CT molecular complexity index is 4320. The second-order valence-corrected chi connectivity index (χ2v) is 33.9. The molecular weight excluding hydrogens is 1180 g/mol. The van der Waals surface area contributed by atoms with Crippen LogP contribution in [0.2, 0.25) is 0 Å². The van der Waals surface area contributed by atoms with Gasteiger partial charge in [-0.2, -0.15) is 0 Å². The maximum Gasteiger partial charge on any atom is 0.179 e. The lowest BCUT2D eigenvalue weighted by Gasteiger charge is -2.34. The molecule has 0 aliphatic heterocycles. The van der Waals surface area contributed by atoms with Gasteiger partial charge in [-0.3, -0.25) is 0 Å². The molecule has 0 amide bonds. The SMILES string of the molecule is C(=C\c1ccc([Si](c2ccccc2)c2ccccc2)cc1)/c1ccc(N(c2ccc(/C=C/c3ccc([Si](c4ccccc4)(c4ccccc4)c4ccccc4)cc3)cc2)c2ccc(/C=C/c3ccc([Si](c4ccccc4)(c4ccccc4)c4ccccc4)cc3)cc2)cc1. The number of hydrogen-bond acceptors (Lipinski definition) is 1. The molecule has 0 saturated heterocycles. The van der Waals surface area contributed by atoms with Crippen molar-refractivity contribution in [1.82, 2.24) is 0 Å². The third-order valence-electron chi connectivity index (χ3n) is 18.1.